The second-order valence-electron chi connectivity index (χ2n) is 6.01. The van der Waals surface area contributed by atoms with Gasteiger partial charge in [-0.3, -0.25) is 9.59 Å². The van der Waals surface area contributed by atoms with Gasteiger partial charge in [0.1, 0.15) is 0 Å². The maximum Gasteiger partial charge on any atom is 0.345 e. The molecule has 2 saturated heterocycles. The summed E-state index contributed by atoms with van der Waals surface area (Å²) in [6.07, 6.45) is 4.71. The van der Waals surface area contributed by atoms with Crippen LogP contribution in [0.4, 0.5) is 0 Å². The van der Waals surface area contributed by atoms with Crippen molar-refractivity contribution in [1.82, 2.24) is 0 Å². The maximum atomic E-state index is 10.3. The van der Waals surface area contributed by atoms with E-state index in [1.165, 1.54) is 0 Å². The number of carbonyl (C=O) groups excluding carboxylic acids is 1. The molecule has 2 heterocycles. The molecule has 3 fully saturated rings. The van der Waals surface area contributed by atoms with Gasteiger partial charge in [-0.15, -0.1) is 0 Å². The number of hydrogen-bond acceptors (Lipinski definition) is 6. The number of carbonyl (C=O) groups is 4. The summed E-state index contributed by atoms with van der Waals surface area (Å²) in [6, 6.07) is 0. The molecule has 0 aromatic carbocycles. The lowest BCUT2D eigenvalue weighted by Crippen LogP contribution is -2.18. The molecule has 0 aromatic heterocycles. The van der Waals surface area contributed by atoms with Crippen LogP contribution >= 0.6 is 0 Å². The molecule has 3 N–H and O–H groups in total. The molecule has 2 unspecified atom stereocenters. The fraction of sp³-hybridized carbons (Fsp3) is 0.750. The van der Waals surface area contributed by atoms with E-state index in [0.29, 0.717) is 19.4 Å². The molecule has 1 aliphatic carbocycles. The monoisotopic (exact) mass is 360 g/mol. The number of carboxylic acids is 3. The summed E-state index contributed by atoms with van der Waals surface area (Å²) < 4.78 is 9.20. The van der Waals surface area contributed by atoms with Gasteiger partial charge in [-0.1, -0.05) is 12.8 Å². The van der Waals surface area contributed by atoms with Gasteiger partial charge < -0.3 is 24.8 Å². The molecule has 0 bridgehead atoms. The molecule has 2 atom stereocenters. The second kappa shape index (κ2) is 10.7. The number of rotatable bonds is 3. The van der Waals surface area contributed by atoms with E-state index >= 15 is 0 Å². The van der Waals surface area contributed by atoms with Crippen LogP contribution in [0, 0.1) is 5.92 Å². The van der Waals surface area contributed by atoms with Gasteiger partial charge in [0.15, 0.2) is 12.2 Å². The minimum Gasteiger partial charge on any atom is -0.481 e. The van der Waals surface area contributed by atoms with Crippen LogP contribution in [-0.4, -0.2) is 58.0 Å². The van der Waals surface area contributed by atoms with Crippen LogP contribution in [0.25, 0.3) is 0 Å². The highest BCUT2D eigenvalue weighted by Gasteiger charge is 2.29. The Labute approximate surface area is 144 Å². The van der Waals surface area contributed by atoms with Crippen molar-refractivity contribution >= 4 is 23.9 Å². The Bertz CT molecular complexity index is 450. The first-order valence-electron chi connectivity index (χ1n) is 8.30. The Morgan fingerprint density at radius 3 is 1.64 bits per heavy atom. The number of ether oxygens (including phenoxy) is 2. The zero-order valence-corrected chi connectivity index (χ0v) is 13.9. The predicted molar refractivity (Wildman–Crippen MR) is 83.0 cm³/mol. The molecule has 25 heavy (non-hydrogen) atoms. The lowest BCUT2D eigenvalue weighted by molar-refractivity contribution is -0.156. The summed E-state index contributed by atoms with van der Waals surface area (Å²) in [4.78, 5) is 40.6. The topological polar surface area (TPSA) is 147 Å². The lowest BCUT2D eigenvalue weighted by atomic mass is 10.1. The number of carboxylic acid groups (broad SMARTS) is 3. The summed E-state index contributed by atoms with van der Waals surface area (Å²) in [5.41, 5.74) is 0. The summed E-state index contributed by atoms with van der Waals surface area (Å²) in [6.45, 7) is 0.608. The third-order valence-corrected chi connectivity index (χ3v) is 4.07. The van der Waals surface area contributed by atoms with E-state index < -0.39 is 36.1 Å². The molecular formula is C16H24O9. The van der Waals surface area contributed by atoms with Gasteiger partial charge in [0.25, 0.3) is 0 Å². The molecule has 0 spiro atoms. The van der Waals surface area contributed by atoms with E-state index in [1.807, 2.05) is 0 Å². The Kier molecular flexibility index (Phi) is 8.90. The van der Waals surface area contributed by atoms with Gasteiger partial charge in [-0.25, -0.2) is 9.59 Å². The zero-order chi connectivity index (χ0) is 18.8. The van der Waals surface area contributed by atoms with Crippen molar-refractivity contribution in [3.63, 3.8) is 0 Å². The minimum atomic E-state index is -1.05. The Balaban J connectivity index is 0.000000188. The summed E-state index contributed by atoms with van der Waals surface area (Å²) >= 11 is 0. The fourth-order valence-electron chi connectivity index (χ4n) is 2.64. The molecule has 3 aliphatic rings. The van der Waals surface area contributed by atoms with Crippen molar-refractivity contribution in [2.24, 2.45) is 5.92 Å². The minimum absolute atomic E-state index is 0.0185. The highest BCUT2D eigenvalue weighted by Crippen LogP contribution is 2.24. The number of cyclic esters (lactones) is 1. The van der Waals surface area contributed by atoms with Crippen molar-refractivity contribution in [3.05, 3.63) is 0 Å². The zero-order valence-electron chi connectivity index (χ0n) is 13.9. The molecular weight excluding hydrogens is 336 g/mol. The third kappa shape index (κ3) is 7.97. The Hall–Kier alpha value is -2.16. The fourth-order valence-corrected chi connectivity index (χ4v) is 2.64. The van der Waals surface area contributed by atoms with Gasteiger partial charge in [0.05, 0.1) is 5.92 Å². The van der Waals surface area contributed by atoms with Gasteiger partial charge in [-0.05, 0) is 25.7 Å². The Morgan fingerprint density at radius 2 is 1.40 bits per heavy atom. The highest BCUT2D eigenvalue weighted by atomic mass is 16.6. The average Bonchev–Trinajstić information content (AvgIpc) is 3.31. The SMILES string of the molecule is O=C(O)C1CCCC1.O=C(O)C1CCCO1.O=C1CCC(C(=O)O)O1. The first-order chi connectivity index (χ1) is 11.8. The molecule has 142 valence electrons. The predicted octanol–water partition coefficient (Wildman–Crippen LogP) is 1.29. The van der Waals surface area contributed by atoms with Crippen LogP contribution in [0.15, 0.2) is 0 Å². The average molecular weight is 360 g/mol. The van der Waals surface area contributed by atoms with Gasteiger partial charge in [0.2, 0.25) is 0 Å². The summed E-state index contributed by atoms with van der Waals surface area (Å²) in [7, 11) is 0. The molecule has 9 nitrogen and oxygen atoms in total. The molecule has 0 aromatic rings. The third-order valence-electron chi connectivity index (χ3n) is 4.07. The van der Waals surface area contributed by atoms with Crippen molar-refractivity contribution in [1.29, 1.82) is 0 Å². The van der Waals surface area contributed by atoms with Crippen LogP contribution in [-0.2, 0) is 28.7 Å². The molecule has 2 aliphatic heterocycles. The largest absolute Gasteiger partial charge is 0.481 e. The van der Waals surface area contributed by atoms with Crippen LogP contribution < -0.4 is 0 Å². The molecule has 1 saturated carbocycles. The van der Waals surface area contributed by atoms with Crippen LogP contribution in [0.1, 0.15) is 51.4 Å². The second-order valence-corrected chi connectivity index (χ2v) is 6.01. The molecule has 0 amide bonds. The van der Waals surface area contributed by atoms with E-state index in [1.54, 1.807) is 0 Å². The van der Waals surface area contributed by atoms with Crippen LogP contribution in [0.5, 0.6) is 0 Å². The molecule has 0 radical (unpaired) electrons. The van der Waals surface area contributed by atoms with Crippen molar-refractivity contribution in [2.75, 3.05) is 6.61 Å². The van der Waals surface area contributed by atoms with Gasteiger partial charge >= 0.3 is 23.9 Å². The summed E-state index contributed by atoms with van der Waals surface area (Å²) in [5.74, 6) is -2.93. The van der Waals surface area contributed by atoms with Crippen molar-refractivity contribution < 1.29 is 44.0 Å². The van der Waals surface area contributed by atoms with Crippen molar-refractivity contribution in [3.8, 4) is 0 Å². The van der Waals surface area contributed by atoms with E-state index in [4.69, 9.17) is 20.1 Å². The first-order valence-corrected chi connectivity index (χ1v) is 8.30. The normalized spacial score (nSPS) is 25.2. The number of esters is 1. The first kappa shape index (κ1) is 20.9. The highest BCUT2D eigenvalue weighted by molar-refractivity contribution is 5.81. The van der Waals surface area contributed by atoms with Crippen molar-refractivity contribution in [2.45, 2.75) is 63.6 Å². The van der Waals surface area contributed by atoms with E-state index in [0.717, 1.165) is 32.1 Å². The standard InChI is InChI=1S/C6H10O2.C5H6O4.C5H8O3/c7-6(8)5-3-1-2-4-5;6-4-2-1-3(9-4)5(7)8;6-5(7)4-2-1-3-8-4/h5H,1-4H2,(H,7,8);3H,1-2H2,(H,7,8);4H,1-3H2,(H,6,7). The number of aliphatic carboxylic acids is 3. The van der Waals surface area contributed by atoms with Crippen LogP contribution in [0.3, 0.4) is 0 Å². The van der Waals surface area contributed by atoms with E-state index in [-0.39, 0.29) is 12.3 Å². The van der Waals surface area contributed by atoms with Crippen LogP contribution in [0.2, 0.25) is 0 Å². The van der Waals surface area contributed by atoms with Gasteiger partial charge in [0, 0.05) is 19.4 Å². The van der Waals surface area contributed by atoms with E-state index in [2.05, 4.69) is 4.74 Å². The maximum absolute atomic E-state index is 10.3. The smallest absolute Gasteiger partial charge is 0.345 e. The number of hydrogen-bond donors (Lipinski definition) is 3. The van der Waals surface area contributed by atoms with E-state index in [9.17, 15) is 19.2 Å². The van der Waals surface area contributed by atoms with Gasteiger partial charge in [-0.2, -0.15) is 0 Å². The Morgan fingerprint density at radius 1 is 0.800 bits per heavy atom. The quantitative estimate of drug-likeness (QED) is 0.633. The molecule has 3 rings (SSSR count). The lowest BCUT2D eigenvalue weighted by Gasteiger charge is -1.99. The molecule has 9 heteroatoms. The summed E-state index contributed by atoms with van der Waals surface area (Å²) in [5, 5.41) is 25.0.